The van der Waals surface area contributed by atoms with Crippen molar-refractivity contribution in [3.8, 4) is 17.3 Å². The van der Waals surface area contributed by atoms with Crippen molar-refractivity contribution in [1.82, 2.24) is 4.98 Å². The molecule has 2 aromatic heterocycles. The maximum Gasteiger partial charge on any atom is 0.287 e. The minimum absolute atomic E-state index is 0.634. The molecular weight excluding hydrogens is 346 g/mol. The molecule has 0 fully saturated rings. The number of aromatic nitrogens is 2. The highest BCUT2D eigenvalue weighted by molar-refractivity contribution is 6.12. The second-order valence-corrected chi connectivity index (χ2v) is 7.22. The van der Waals surface area contributed by atoms with Crippen molar-refractivity contribution in [1.29, 1.82) is 5.26 Å². The number of nitriles is 1. The maximum atomic E-state index is 9.30. The molecule has 0 atom stereocenters. The fourth-order valence-electron chi connectivity index (χ4n) is 3.99. The van der Waals surface area contributed by atoms with E-state index in [0.717, 1.165) is 44.1 Å². The van der Waals surface area contributed by atoms with E-state index >= 15 is 0 Å². The quantitative estimate of drug-likeness (QED) is 0.388. The number of rotatable bonds is 1. The number of hydrogen-bond acceptors (Lipinski definition) is 3. The number of para-hydroxylation sites is 1. The summed E-state index contributed by atoms with van der Waals surface area (Å²) in [6.07, 6.45) is 1.85. The fraction of sp³-hybridized carbons (Fsp3) is 0.125. The third kappa shape index (κ3) is 2.23. The van der Waals surface area contributed by atoms with Gasteiger partial charge in [-0.15, -0.1) is 0 Å². The molecule has 0 radical (unpaired) electrons. The topological polar surface area (TPSA) is 53.7 Å². The minimum Gasteiger partial charge on any atom is -0.455 e. The molecule has 0 saturated carbocycles. The van der Waals surface area contributed by atoms with Crippen LogP contribution in [0, 0.1) is 25.2 Å². The Morgan fingerprint density at radius 3 is 2.64 bits per heavy atom. The number of benzene rings is 3. The van der Waals surface area contributed by atoms with Gasteiger partial charge in [-0.05, 0) is 66.4 Å². The summed E-state index contributed by atoms with van der Waals surface area (Å²) in [6.45, 7) is 4.25. The van der Waals surface area contributed by atoms with Crippen molar-refractivity contribution in [2.24, 2.45) is 7.05 Å². The standard InChI is InChI=1S/C24H18N3O/c1-14-10-19-18-11-16(12-25)8-9-21(18)28-24(19)22(15(14)2)23-17-6-4-5-7-20(17)26-13-27(23)3/h4-11,13H,1-3H3/q+1. The summed E-state index contributed by atoms with van der Waals surface area (Å²) in [6, 6.07) is 18.1. The molecule has 0 aliphatic rings. The van der Waals surface area contributed by atoms with Gasteiger partial charge in [-0.3, -0.25) is 0 Å². The fourth-order valence-corrected chi connectivity index (χ4v) is 3.99. The lowest BCUT2D eigenvalue weighted by atomic mass is 9.94. The molecule has 5 aromatic rings. The van der Waals surface area contributed by atoms with Crippen LogP contribution >= 0.6 is 0 Å². The Bertz CT molecular complexity index is 1450. The van der Waals surface area contributed by atoms with Crippen LogP contribution in [-0.2, 0) is 7.05 Å². The lowest BCUT2D eigenvalue weighted by molar-refractivity contribution is -0.662. The molecule has 0 amide bonds. The first-order valence-electron chi connectivity index (χ1n) is 9.19. The summed E-state index contributed by atoms with van der Waals surface area (Å²) in [5.74, 6) is 0. The van der Waals surface area contributed by atoms with Gasteiger partial charge >= 0.3 is 0 Å². The van der Waals surface area contributed by atoms with Crippen LogP contribution in [0.4, 0.5) is 0 Å². The maximum absolute atomic E-state index is 9.30. The Kier molecular flexibility index (Phi) is 3.47. The summed E-state index contributed by atoms with van der Waals surface area (Å²) in [4.78, 5) is 4.56. The number of furan rings is 1. The largest absolute Gasteiger partial charge is 0.455 e. The summed E-state index contributed by atoms with van der Waals surface area (Å²) in [5.41, 5.74) is 7.75. The minimum atomic E-state index is 0.634. The zero-order chi connectivity index (χ0) is 19.4. The van der Waals surface area contributed by atoms with Crippen molar-refractivity contribution in [3.05, 3.63) is 71.5 Å². The highest BCUT2D eigenvalue weighted by Gasteiger charge is 2.23. The van der Waals surface area contributed by atoms with E-state index in [1.807, 2.05) is 43.7 Å². The van der Waals surface area contributed by atoms with Gasteiger partial charge in [-0.1, -0.05) is 12.1 Å². The molecule has 134 valence electrons. The Hall–Kier alpha value is -3.71. The Morgan fingerprint density at radius 1 is 1.00 bits per heavy atom. The third-order valence-electron chi connectivity index (χ3n) is 5.53. The van der Waals surface area contributed by atoms with Gasteiger partial charge in [0.05, 0.1) is 29.6 Å². The second kappa shape index (κ2) is 5.90. The molecule has 4 nitrogen and oxygen atoms in total. The van der Waals surface area contributed by atoms with E-state index in [0.29, 0.717) is 5.56 Å². The van der Waals surface area contributed by atoms with E-state index in [1.54, 1.807) is 6.07 Å². The Morgan fingerprint density at radius 2 is 1.82 bits per heavy atom. The predicted octanol–water partition coefficient (Wildman–Crippen LogP) is 5.11. The normalized spacial score (nSPS) is 11.4. The van der Waals surface area contributed by atoms with Crippen molar-refractivity contribution >= 4 is 32.8 Å². The molecule has 5 rings (SSSR count). The van der Waals surface area contributed by atoms with E-state index in [2.05, 4.69) is 41.6 Å². The van der Waals surface area contributed by atoms with Gasteiger partial charge in [0.2, 0.25) is 0 Å². The number of aryl methyl sites for hydroxylation is 2. The average Bonchev–Trinajstić information content (AvgIpc) is 3.07. The van der Waals surface area contributed by atoms with E-state index in [1.165, 1.54) is 11.1 Å². The van der Waals surface area contributed by atoms with Crippen LogP contribution < -0.4 is 4.57 Å². The summed E-state index contributed by atoms with van der Waals surface area (Å²) < 4.78 is 8.39. The monoisotopic (exact) mass is 364 g/mol. The van der Waals surface area contributed by atoms with Gasteiger partial charge in [0, 0.05) is 10.8 Å². The molecule has 0 aliphatic carbocycles. The Balaban J connectivity index is 2.00. The first-order valence-corrected chi connectivity index (χ1v) is 9.19. The van der Waals surface area contributed by atoms with Crippen LogP contribution in [-0.4, -0.2) is 4.98 Å². The molecule has 3 aromatic carbocycles. The molecule has 0 spiro atoms. The summed E-state index contributed by atoms with van der Waals surface area (Å²) in [5, 5.41) is 12.4. The molecule has 0 bridgehead atoms. The predicted molar refractivity (Wildman–Crippen MR) is 110 cm³/mol. The van der Waals surface area contributed by atoms with E-state index in [9.17, 15) is 5.26 Å². The molecule has 28 heavy (non-hydrogen) atoms. The van der Waals surface area contributed by atoms with E-state index < -0.39 is 0 Å². The van der Waals surface area contributed by atoms with Gasteiger partial charge in [0.25, 0.3) is 6.33 Å². The van der Waals surface area contributed by atoms with Crippen LogP contribution in [0.25, 0.3) is 44.1 Å². The smallest absolute Gasteiger partial charge is 0.287 e. The molecule has 0 unspecified atom stereocenters. The molecule has 0 aliphatic heterocycles. The molecular formula is C24H18N3O+. The van der Waals surface area contributed by atoms with Crippen LogP contribution in [0.15, 0.2) is 59.3 Å². The zero-order valence-electron chi connectivity index (χ0n) is 15.9. The highest BCUT2D eigenvalue weighted by Crippen LogP contribution is 2.40. The average molecular weight is 364 g/mol. The van der Waals surface area contributed by atoms with E-state index in [4.69, 9.17) is 4.42 Å². The molecule has 4 heteroatoms. The van der Waals surface area contributed by atoms with Crippen LogP contribution in [0.5, 0.6) is 0 Å². The molecule has 2 heterocycles. The lowest BCUT2D eigenvalue weighted by Crippen LogP contribution is -2.32. The van der Waals surface area contributed by atoms with Crippen LogP contribution in [0.1, 0.15) is 16.7 Å². The molecule has 0 N–H and O–H groups in total. The highest BCUT2D eigenvalue weighted by atomic mass is 16.3. The number of hydrogen-bond donors (Lipinski definition) is 0. The third-order valence-corrected chi connectivity index (χ3v) is 5.53. The lowest BCUT2D eigenvalue weighted by Gasteiger charge is -2.11. The van der Waals surface area contributed by atoms with Gasteiger partial charge < -0.3 is 4.42 Å². The number of nitrogens with zero attached hydrogens (tertiary/aromatic N) is 3. The summed E-state index contributed by atoms with van der Waals surface area (Å²) >= 11 is 0. The summed E-state index contributed by atoms with van der Waals surface area (Å²) in [7, 11) is 2.01. The van der Waals surface area contributed by atoms with Crippen molar-refractivity contribution in [2.75, 3.05) is 0 Å². The van der Waals surface area contributed by atoms with Crippen LogP contribution in [0.2, 0.25) is 0 Å². The van der Waals surface area contributed by atoms with Crippen molar-refractivity contribution < 1.29 is 8.98 Å². The van der Waals surface area contributed by atoms with Gasteiger partial charge in [-0.2, -0.15) is 5.26 Å². The van der Waals surface area contributed by atoms with Crippen molar-refractivity contribution in [3.63, 3.8) is 0 Å². The second-order valence-electron chi connectivity index (χ2n) is 7.22. The van der Waals surface area contributed by atoms with Gasteiger partial charge in [0.1, 0.15) is 16.9 Å². The Labute approximate surface area is 162 Å². The van der Waals surface area contributed by atoms with Gasteiger partial charge in [-0.25, -0.2) is 4.57 Å². The van der Waals surface area contributed by atoms with Gasteiger partial charge in [0.15, 0.2) is 5.52 Å². The zero-order valence-corrected chi connectivity index (χ0v) is 15.9. The molecule has 0 saturated heterocycles. The van der Waals surface area contributed by atoms with Crippen molar-refractivity contribution in [2.45, 2.75) is 13.8 Å². The first-order chi connectivity index (χ1) is 13.6. The first kappa shape index (κ1) is 16.5. The van der Waals surface area contributed by atoms with Crippen LogP contribution in [0.3, 0.4) is 0 Å². The van der Waals surface area contributed by atoms with E-state index in [-0.39, 0.29) is 0 Å². The SMILES string of the molecule is Cc1cc2c(oc3ccc(C#N)cc32)c(-c2c3ccccc3nc[n+]2C)c1C. The number of fused-ring (bicyclic) bond motifs is 4.